The highest BCUT2D eigenvalue weighted by atomic mass is 32.2. The zero-order valence-electron chi connectivity index (χ0n) is 17.6. The first kappa shape index (κ1) is 21.6. The van der Waals surface area contributed by atoms with E-state index in [4.69, 9.17) is 9.47 Å². The Labute approximate surface area is 187 Å². The Morgan fingerprint density at radius 1 is 1.23 bits per heavy atom. The summed E-state index contributed by atoms with van der Waals surface area (Å²) in [5.41, 5.74) is 2.08. The maximum atomic E-state index is 11.2. The Balaban J connectivity index is 1.36. The van der Waals surface area contributed by atoms with Crippen molar-refractivity contribution in [3.63, 3.8) is 0 Å². The van der Waals surface area contributed by atoms with Crippen LogP contribution in [0, 0.1) is 0 Å². The third-order valence-electron chi connectivity index (χ3n) is 5.14. The first-order valence-corrected chi connectivity index (χ1v) is 11.4. The van der Waals surface area contributed by atoms with E-state index in [1.54, 1.807) is 24.3 Å². The molecule has 1 aliphatic rings. The molecule has 2 aromatic carbocycles. The normalized spacial score (nSPS) is 20.6. The van der Waals surface area contributed by atoms with Gasteiger partial charge in [-0.1, -0.05) is 30.3 Å². The van der Waals surface area contributed by atoms with Crippen molar-refractivity contribution in [3.8, 4) is 0 Å². The lowest BCUT2D eigenvalue weighted by Gasteiger charge is -2.28. The van der Waals surface area contributed by atoms with Crippen molar-refractivity contribution in [1.82, 2.24) is 9.55 Å². The minimum absolute atomic E-state index is 0.0133. The van der Waals surface area contributed by atoms with Gasteiger partial charge in [-0.15, -0.1) is 11.8 Å². The molecule has 31 heavy (non-hydrogen) atoms. The van der Waals surface area contributed by atoms with E-state index in [-0.39, 0.29) is 12.0 Å². The standard InChI is InChI=1S/C24H27N3O3S/c1-19(28)26-21-7-9-23(10-8-21)31-16-22-15-29-24(30-22,17-27-14-13-25-18-27)12-11-20-5-3-2-4-6-20/h2-10,13-14,18,22H,11-12,15-17H2,1H3,(H,26,28)/t22-,24-/m1/s1. The number of imidazole rings is 1. The molecular weight excluding hydrogens is 410 g/mol. The Hall–Kier alpha value is -2.61. The predicted octanol–water partition coefficient (Wildman–Crippen LogP) is 4.38. The van der Waals surface area contributed by atoms with Gasteiger partial charge in [0.2, 0.25) is 5.91 Å². The largest absolute Gasteiger partial charge is 0.345 e. The summed E-state index contributed by atoms with van der Waals surface area (Å²) in [5, 5.41) is 2.79. The monoisotopic (exact) mass is 437 g/mol. The van der Waals surface area contributed by atoms with Crippen LogP contribution in [0.4, 0.5) is 5.69 Å². The molecule has 0 spiro atoms. The Kier molecular flexibility index (Phi) is 7.06. The summed E-state index contributed by atoms with van der Waals surface area (Å²) in [5.74, 6) is 0.0784. The topological polar surface area (TPSA) is 65.4 Å². The number of thioether (sulfide) groups is 1. The number of amides is 1. The number of benzene rings is 2. The number of rotatable bonds is 9. The summed E-state index contributed by atoms with van der Waals surface area (Å²) in [6.45, 7) is 2.70. The van der Waals surface area contributed by atoms with Crippen LogP contribution < -0.4 is 5.32 Å². The van der Waals surface area contributed by atoms with Crippen LogP contribution in [0.2, 0.25) is 0 Å². The van der Waals surface area contributed by atoms with E-state index in [9.17, 15) is 4.79 Å². The van der Waals surface area contributed by atoms with E-state index in [1.165, 1.54) is 12.5 Å². The summed E-state index contributed by atoms with van der Waals surface area (Å²) >= 11 is 1.73. The summed E-state index contributed by atoms with van der Waals surface area (Å²) in [7, 11) is 0. The highest BCUT2D eigenvalue weighted by Crippen LogP contribution is 2.33. The molecule has 3 aromatic rings. The van der Waals surface area contributed by atoms with Gasteiger partial charge in [-0.05, 0) is 36.2 Å². The molecule has 6 nitrogen and oxygen atoms in total. The molecule has 2 heterocycles. The Bertz CT molecular complexity index is 964. The molecule has 1 aromatic heterocycles. The molecule has 162 valence electrons. The van der Waals surface area contributed by atoms with Gasteiger partial charge in [0.15, 0.2) is 5.79 Å². The van der Waals surface area contributed by atoms with Gasteiger partial charge in [0.05, 0.1) is 25.6 Å². The van der Waals surface area contributed by atoms with Crippen molar-refractivity contribution in [1.29, 1.82) is 0 Å². The van der Waals surface area contributed by atoms with Crippen molar-refractivity contribution in [3.05, 3.63) is 78.9 Å². The van der Waals surface area contributed by atoms with Crippen molar-refractivity contribution in [2.75, 3.05) is 17.7 Å². The quantitative estimate of drug-likeness (QED) is 0.504. The molecule has 1 saturated heterocycles. The van der Waals surface area contributed by atoms with Gasteiger partial charge >= 0.3 is 0 Å². The maximum Gasteiger partial charge on any atom is 0.221 e. The van der Waals surface area contributed by atoms with Crippen LogP contribution in [0.1, 0.15) is 18.9 Å². The highest BCUT2D eigenvalue weighted by Gasteiger charge is 2.41. The zero-order valence-corrected chi connectivity index (χ0v) is 18.4. The van der Waals surface area contributed by atoms with Crippen molar-refractivity contribution in [2.45, 2.75) is 43.1 Å². The van der Waals surface area contributed by atoms with Gasteiger partial charge in [-0.2, -0.15) is 0 Å². The minimum Gasteiger partial charge on any atom is -0.345 e. The number of aromatic nitrogens is 2. The van der Waals surface area contributed by atoms with Gasteiger partial charge < -0.3 is 19.4 Å². The molecule has 1 fully saturated rings. The first-order valence-electron chi connectivity index (χ1n) is 10.4. The SMILES string of the molecule is CC(=O)Nc1ccc(SC[C@H]2CO[C@@](CCc3ccccc3)(Cn3ccnc3)O2)cc1. The molecule has 1 amide bonds. The third kappa shape index (κ3) is 6.19. The van der Waals surface area contributed by atoms with Crippen LogP contribution in [-0.2, 0) is 27.2 Å². The van der Waals surface area contributed by atoms with E-state index in [2.05, 4.69) is 34.6 Å². The zero-order chi connectivity index (χ0) is 21.5. The van der Waals surface area contributed by atoms with Gasteiger partial charge in [-0.25, -0.2) is 4.98 Å². The lowest BCUT2D eigenvalue weighted by Crippen LogP contribution is -2.37. The van der Waals surface area contributed by atoms with E-state index >= 15 is 0 Å². The number of carbonyl (C=O) groups is 1. The smallest absolute Gasteiger partial charge is 0.221 e. The van der Waals surface area contributed by atoms with Crippen LogP contribution in [0.15, 0.2) is 78.2 Å². The van der Waals surface area contributed by atoms with Crippen LogP contribution in [0.25, 0.3) is 0 Å². The molecule has 7 heteroatoms. The molecule has 0 unspecified atom stereocenters. The molecule has 0 bridgehead atoms. The molecular formula is C24H27N3O3S. The van der Waals surface area contributed by atoms with Crippen LogP contribution >= 0.6 is 11.8 Å². The number of nitrogens with zero attached hydrogens (tertiary/aromatic N) is 2. The van der Waals surface area contributed by atoms with Gasteiger partial charge in [0.1, 0.15) is 0 Å². The van der Waals surface area contributed by atoms with Gasteiger partial charge in [0, 0.05) is 42.1 Å². The lowest BCUT2D eigenvalue weighted by molar-refractivity contribution is -0.180. The van der Waals surface area contributed by atoms with Crippen molar-refractivity contribution >= 4 is 23.4 Å². The number of anilines is 1. The van der Waals surface area contributed by atoms with Crippen LogP contribution in [0.5, 0.6) is 0 Å². The number of ether oxygens (including phenoxy) is 2. The maximum absolute atomic E-state index is 11.2. The molecule has 4 rings (SSSR count). The molecule has 1 aliphatic heterocycles. The van der Waals surface area contributed by atoms with E-state index in [0.717, 1.165) is 29.2 Å². The Morgan fingerprint density at radius 3 is 2.74 bits per heavy atom. The van der Waals surface area contributed by atoms with Gasteiger partial charge in [-0.3, -0.25) is 4.79 Å². The number of nitrogens with one attached hydrogen (secondary N) is 1. The summed E-state index contributed by atoms with van der Waals surface area (Å²) in [6.07, 6.45) is 7.20. The fourth-order valence-electron chi connectivity index (χ4n) is 3.66. The second-order valence-corrected chi connectivity index (χ2v) is 8.79. The number of carbonyl (C=O) groups excluding carboxylic acids is 1. The predicted molar refractivity (Wildman–Crippen MR) is 122 cm³/mol. The second kappa shape index (κ2) is 10.1. The fraction of sp³-hybridized carbons (Fsp3) is 0.333. The lowest BCUT2D eigenvalue weighted by atomic mass is 10.0. The van der Waals surface area contributed by atoms with E-state index in [1.807, 2.05) is 41.1 Å². The fourth-order valence-corrected chi connectivity index (χ4v) is 4.53. The van der Waals surface area contributed by atoms with E-state index < -0.39 is 5.79 Å². The summed E-state index contributed by atoms with van der Waals surface area (Å²) < 4.78 is 14.8. The van der Waals surface area contributed by atoms with Crippen LogP contribution in [0.3, 0.4) is 0 Å². The second-order valence-electron chi connectivity index (χ2n) is 7.70. The third-order valence-corrected chi connectivity index (χ3v) is 6.29. The average Bonchev–Trinajstić information content (AvgIpc) is 3.43. The highest BCUT2D eigenvalue weighted by molar-refractivity contribution is 7.99. The minimum atomic E-state index is -0.656. The van der Waals surface area contributed by atoms with Crippen LogP contribution in [-0.4, -0.2) is 39.7 Å². The molecule has 0 radical (unpaired) electrons. The summed E-state index contributed by atoms with van der Waals surface area (Å²) in [4.78, 5) is 16.5. The first-order chi connectivity index (χ1) is 15.1. The average molecular weight is 438 g/mol. The van der Waals surface area contributed by atoms with Crippen molar-refractivity contribution < 1.29 is 14.3 Å². The molecule has 0 aliphatic carbocycles. The summed E-state index contributed by atoms with van der Waals surface area (Å²) in [6, 6.07) is 18.3. The molecule has 2 atom stereocenters. The Morgan fingerprint density at radius 2 is 2.03 bits per heavy atom. The van der Waals surface area contributed by atoms with E-state index in [0.29, 0.717) is 13.2 Å². The van der Waals surface area contributed by atoms with Crippen molar-refractivity contribution in [2.24, 2.45) is 0 Å². The van der Waals surface area contributed by atoms with Gasteiger partial charge in [0.25, 0.3) is 0 Å². The number of hydrogen-bond donors (Lipinski definition) is 1. The number of aryl methyl sites for hydroxylation is 1. The number of hydrogen-bond acceptors (Lipinski definition) is 5. The molecule has 0 saturated carbocycles. The molecule has 1 N–H and O–H groups in total.